The van der Waals surface area contributed by atoms with E-state index in [2.05, 4.69) is 0 Å². The summed E-state index contributed by atoms with van der Waals surface area (Å²) in [5.74, 6) is 0.222. The fourth-order valence-corrected chi connectivity index (χ4v) is 1.96. The quantitative estimate of drug-likeness (QED) is 0.917. The molecule has 0 atom stereocenters. The molecule has 0 aromatic heterocycles. The predicted octanol–water partition coefficient (Wildman–Crippen LogP) is 3.18. The van der Waals surface area contributed by atoms with Gasteiger partial charge in [-0.05, 0) is 18.2 Å². The van der Waals surface area contributed by atoms with Crippen molar-refractivity contribution in [3.8, 4) is 11.5 Å². The Morgan fingerprint density at radius 1 is 1.16 bits per heavy atom. The van der Waals surface area contributed by atoms with E-state index in [9.17, 15) is 9.50 Å². The van der Waals surface area contributed by atoms with Crippen molar-refractivity contribution in [2.24, 2.45) is 0 Å². The zero-order chi connectivity index (χ0) is 13.8. The van der Waals surface area contributed by atoms with Crippen LogP contribution in [0.2, 0.25) is 0 Å². The highest BCUT2D eigenvalue weighted by Gasteiger charge is 2.12. The number of nitrogens with zero attached hydrogens (tertiary/aromatic N) is 1. The molecule has 2 rings (SSSR count). The fourth-order valence-electron chi connectivity index (χ4n) is 1.96. The van der Waals surface area contributed by atoms with Gasteiger partial charge in [0.25, 0.3) is 0 Å². The minimum atomic E-state index is -0.285. The van der Waals surface area contributed by atoms with Crippen LogP contribution in [0.4, 0.5) is 10.1 Å². The van der Waals surface area contributed by atoms with Crippen molar-refractivity contribution in [2.45, 2.75) is 6.54 Å². The molecule has 0 bridgehead atoms. The highest BCUT2D eigenvalue weighted by molar-refractivity contribution is 5.51. The Hall–Kier alpha value is -2.23. The Kier molecular flexibility index (Phi) is 3.90. The van der Waals surface area contributed by atoms with E-state index in [0.29, 0.717) is 23.5 Å². The molecule has 0 saturated heterocycles. The van der Waals surface area contributed by atoms with E-state index in [1.54, 1.807) is 48.3 Å². The molecule has 0 unspecified atom stereocenters. The Morgan fingerprint density at radius 3 is 2.58 bits per heavy atom. The van der Waals surface area contributed by atoms with Crippen LogP contribution in [0.15, 0.2) is 42.5 Å². The first-order valence-electron chi connectivity index (χ1n) is 5.94. The minimum Gasteiger partial charge on any atom is -0.504 e. The second-order valence-corrected chi connectivity index (χ2v) is 4.28. The zero-order valence-electron chi connectivity index (χ0n) is 10.9. The molecule has 0 aliphatic carbocycles. The van der Waals surface area contributed by atoms with Crippen molar-refractivity contribution in [1.29, 1.82) is 0 Å². The van der Waals surface area contributed by atoms with Crippen LogP contribution in [-0.4, -0.2) is 19.3 Å². The predicted molar refractivity (Wildman–Crippen MR) is 73.2 cm³/mol. The molecular weight excluding hydrogens is 245 g/mol. The molecule has 0 amide bonds. The Labute approximate surface area is 111 Å². The maximum absolute atomic E-state index is 13.7. The fraction of sp³-hybridized carbons (Fsp3) is 0.200. The number of halogens is 1. The Balaban J connectivity index is 2.24. The molecule has 0 aliphatic heterocycles. The van der Waals surface area contributed by atoms with E-state index in [-0.39, 0.29) is 11.6 Å². The van der Waals surface area contributed by atoms with Gasteiger partial charge in [0.05, 0.1) is 12.8 Å². The summed E-state index contributed by atoms with van der Waals surface area (Å²) in [4.78, 5) is 1.74. The molecule has 3 nitrogen and oxygen atoms in total. The van der Waals surface area contributed by atoms with Crippen LogP contribution in [0.1, 0.15) is 5.56 Å². The number of phenols is 1. The number of methoxy groups -OCH3 is 1. The second-order valence-electron chi connectivity index (χ2n) is 4.28. The summed E-state index contributed by atoms with van der Waals surface area (Å²) < 4.78 is 18.7. The molecule has 2 aromatic rings. The standard InChI is InChI=1S/C15H16FNO2/c1-17(13-8-4-3-7-12(13)16)10-11-6-5-9-14(19-2)15(11)18/h3-9,18H,10H2,1-2H3. The number of para-hydroxylation sites is 2. The number of hydrogen-bond donors (Lipinski definition) is 1. The van der Waals surface area contributed by atoms with Gasteiger partial charge in [-0.15, -0.1) is 0 Å². The molecular formula is C15H16FNO2. The van der Waals surface area contributed by atoms with E-state index < -0.39 is 0 Å². The van der Waals surface area contributed by atoms with Gasteiger partial charge in [-0.2, -0.15) is 0 Å². The molecule has 100 valence electrons. The summed E-state index contributed by atoms with van der Waals surface area (Å²) >= 11 is 0. The van der Waals surface area contributed by atoms with Crippen LogP contribution in [0, 0.1) is 5.82 Å². The highest BCUT2D eigenvalue weighted by Crippen LogP contribution is 2.31. The van der Waals surface area contributed by atoms with Crippen LogP contribution < -0.4 is 9.64 Å². The van der Waals surface area contributed by atoms with E-state index in [1.165, 1.54) is 13.2 Å². The van der Waals surface area contributed by atoms with Crippen molar-refractivity contribution >= 4 is 5.69 Å². The average Bonchev–Trinajstić information content (AvgIpc) is 2.41. The monoisotopic (exact) mass is 261 g/mol. The summed E-state index contributed by atoms with van der Waals surface area (Å²) in [6.07, 6.45) is 0. The van der Waals surface area contributed by atoms with Crippen LogP contribution in [0.3, 0.4) is 0 Å². The van der Waals surface area contributed by atoms with Gasteiger partial charge in [0, 0.05) is 19.2 Å². The van der Waals surface area contributed by atoms with Gasteiger partial charge in [-0.3, -0.25) is 0 Å². The Morgan fingerprint density at radius 2 is 1.89 bits per heavy atom. The molecule has 0 fully saturated rings. The lowest BCUT2D eigenvalue weighted by atomic mass is 10.1. The third-order valence-electron chi connectivity index (χ3n) is 2.97. The van der Waals surface area contributed by atoms with Crippen molar-refractivity contribution in [3.05, 3.63) is 53.8 Å². The molecule has 1 N–H and O–H groups in total. The van der Waals surface area contributed by atoms with E-state index in [4.69, 9.17) is 4.74 Å². The normalized spacial score (nSPS) is 10.3. The first kappa shape index (κ1) is 13.2. The van der Waals surface area contributed by atoms with Gasteiger partial charge >= 0.3 is 0 Å². The highest BCUT2D eigenvalue weighted by atomic mass is 19.1. The van der Waals surface area contributed by atoms with Crippen LogP contribution in [0.5, 0.6) is 11.5 Å². The molecule has 0 radical (unpaired) electrons. The lowest BCUT2D eigenvalue weighted by Gasteiger charge is -2.21. The van der Waals surface area contributed by atoms with Crippen molar-refractivity contribution < 1.29 is 14.2 Å². The van der Waals surface area contributed by atoms with Crippen molar-refractivity contribution in [2.75, 3.05) is 19.1 Å². The molecule has 19 heavy (non-hydrogen) atoms. The molecule has 0 spiro atoms. The lowest BCUT2D eigenvalue weighted by molar-refractivity contribution is 0.370. The number of rotatable bonds is 4. The maximum atomic E-state index is 13.7. The van der Waals surface area contributed by atoms with Gasteiger partial charge in [0.1, 0.15) is 5.82 Å². The van der Waals surface area contributed by atoms with E-state index >= 15 is 0 Å². The minimum absolute atomic E-state index is 0.0909. The molecule has 2 aromatic carbocycles. The van der Waals surface area contributed by atoms with Gasteiger partial charge in [0.15, 0.2) is 11.5 Å². The summed E-state index contributed by atoms with van der Waals surface area (Å²) in [6, 6.07) is 11.8. The summed E-state index contributed by atoms with van der Waals surface area (Å²) in [5.41, 5.74) is 1.18. The smallest absolute Gasteiger partial charge is 0.162 e. The third kappa shape index (κ3) is 2.78. The molecule has 0 aliphatic rings. The zero-order valence-corrected chi connectivity index (χ0v) is 10.9. The summed E-state index contributed by atoms with van der Waals surface area (Å²) in [6.45, 7) is 0.393. The Bertz CT molecular complexity index is 572. The number of ether oxygens (including phenoxy) is 1. The van der Waals surface area contributed by atoms with Gasteiger partial charge in [0.2, 0.25) is 0 Å². The largest absolute Gasteiger partial charge is 0.504 e. The number of hydrogen-bond acceptors (Lipinski definition) is 3. The second kappa shape index (κ2) is 5.61. The van der Waals surface area contributed by atoms with Crippen molar-refractivity contribution in [3.63, 3.8) is 0 Å². The average molecular weight is 261 g/mol. The third-order valence-corrected chi connectivity index (χ3v) is 2.97. The van der Waals surface area contributed by atoms with E-state index in [0.717, 1.165) is 0 Å². The van der Waals surface area contributed by atoms with Crippen LogP contribution >= 0.6 is 0 Å². The molecule has 0 saturated carbocycles. The van der Waals surface area contributed by atoms with Gasteiger partial charge < -0.3 is 14.7 Å². The van der Waals surface area contributed by atoms with Crippen molar-refractivity contribution in [1.82, 2.24) is 0 Å². The number of benzene rings is 2. The maximum Gasteiger partial charge on any atom is 0.162 e. The SMILES string of the molecule is COc1cccc(CN(C)c2ccccc2F)c1O. The number of anilines is 1. The topological polar surface area (TPSA) is 32.7 Å². The van der Waals surface area contributed by atoms with Crippen LogP contribution in [-0.2, 0) is 6.54 Å². The van der Waals surface area contributed by atoms with Gasteiger partial charge in [-0.1, -0.05) is 24.3 Å². The molecule has 0 heterocycles. The van der Waals surface area contributed by atoms with Crippen LogP contribution in [0.25, 0.3) is 0 Å². The first-order valence-corrected chi connectivity index (χ1v) is 5.94. The number of aromatic hydroxyl groups is 1. The summed E-state index contributed by atoms with van der Waals surface area (Å²) in [7, 11) is 3.27. The van der Waals surface area contributed by atoms with Gasteiger partial charge in [-0.25, -0.2) is 4.39 Å². The first-order chi connectivity index (χ1) is 9.13. The number of phenolic OH excluding ortho intramolecular Hbond substituents is 1. The molecule has 4 heteroatoms. The van der Waals surface area contributed by atoms with E-state index in [1.807, 2.05) is 0 Å². The lowest BCUT2D eigenvalue weighted by Crippen LogP contribution is -2.17. The summed E-state index contributed by atoms with van der Waals surface area (Å²) in [5, 5.41) is 10.0.